The van der Waals surface area contributed by atoms with Crippen LogP contribution < -0.4 is 0 Å². The van der Waals surface area contributed by atoms with Crippen molar-refractivity contribution in [3.63, 3.8) is 0 Å². The van der Waals surface area contributed by atoms with E-state index in [1.165, 1.54) is 0 Å². The summed E-state index contributed by atoms with van der Waals surface area (Å²) < 4.78 is 0. The number of isocyanates is 2. The average Bonchev–Trinajstić information content (AvgIpc) is 2.54. The molecule has 118 valence electrons. The molecule has 2 aromatic carbocycles. The third-order valence-corrected chi connectivity index (χ3v) is 1.33. The standard InChI is InChI=1S/2C6H6.C3H6.2CHNO.CH4/c2*1-2-4-6-5-3-1;1-3-2;2*2-1-3;/h2*1-6H;3H,1H2,2H3;2*2H;1H4. The average molecular weight is 300 g/mol. The molecule has 0 amide bonds. The normalized spacial score (nSPS) is 5.68. The zero-order chi connectivity index (χ0) is 16.6. The van der Waals surface area contributed by atoms with Crippen LogP contribution in [-0.4, -0.2) is 12.2 Å². The molecule has 2 aromatic rings. The fourth-order valence-electron chi connectivity index (χ4n) is 0.770. The Morgan fingerprint density at radius 2 is 0.727 bits per heavy atom. The van der Waals surface area contributed by atoms with E-state index in [-0.39, 0.29) is 7.43 Å². The molecule has 0 heterocycles. The van der Waals surface area contributed by atoms with Crippen molar-refractivity contribution in [2.75, 3.05) is 0 Å². The molecule has 0 aliphatic carbocycles. The number of nitrogens with one attached hydrogen (secondary N) is 2. The molecule has 0 aromatic heterocycles. The van der Waals surface area contributed by atoms with Gasteiger partial charge in [0.2, 0.25) is 12.2 Å². The molecule has 4 nitrogen and oxygen atoms in total. The first-order valence-corrected chi connectivity index (χ1v) is 5.89. The summed E-state index contributed by atoms with van der Waals surface area (Å²) in [6, 6.07) is 24.0. The lowest BCUT2D eigenvalue weighted by molar-refractivity contribution is 0.562. The van der Waals surface area contributed by atoms with Gasteiger partial charge in [0.25, 0.3) is 0 Å². The van der Waals surface area contributed by atoms with E-state index in [1.807, 2.05) is 79.7 Å². The molecule has 0 saturated heterocycles. The van der Waals surface area contributed by atoms with E-state index in [1.54, 1.807) is 6.08 Å². The van der Waals surface area contributed by atoms with Gasteiger partial charge in [0.15, 0.2) is 0 Å². The highest BCUT2D eigenvalue weighted by Gasteiger charge is 1.58. The highest BCUT2D eigenvalue weighted by atomic mass is 16.1. The molecule has 0 fully saturated rings. The zero-order valence-corrected chi connectivity index (χ0v) is 12.0. The van der Waals surface area contributed by atoms with Gasteiger partial charge in [0, 0.05) is 0 Å². The van der Waals surface area contributed by atoms with Gasteiger partial charge in [-0.05, 0) is 6.92 Å². The van der Waals surface area contributed by atoms with Crippen molar-refractivity contribution in [1.82, 2.24) is 0 Å². The maximum atomic E-state index is 8.35. The van der Waals surface area contributed by atoms with Crippen molar-refractivity contribution in [2.24, 2.45) is 0 Å². The SMILES string of the molecule is C.C=CC.N=C=O.N=C=O.c1ccccc1.c1ccccc1. The van der Waals surface area contributed by atoms with E-state index in [4.69, 9.17) is 20.4 Å². The highest BCUT2D eigenvalue weighted by Crippen LogP contribution is 1.80. The van der Waals surface area contributed by atoms with Crippen molar-refractivity contribution in [3.05, 3.63) is 85.5 Å². The predicted octanol–water partition coefficient (Wildman–Crippen LogP) is 5.00. The Bertz CT molecular complexity index is 362. The smallest absolute Gasteiger partial charge is 0.222 e. The molecule has 0 saturated carbocycles. The van der Waals surface area contributed by atoms with Crippen molar-refractivity contribution < 1.29 is 9.59 Å². The third-order valence-electron chi connectivity index (χ3n) is 1.33. The molecular formula is C18H24N2O2. The fraction of sp³-hybridized carbons (Fsp3) is 0.111. The summed E-state index contributed by atoms with van der Waals surface area (Å²) >= 11 is 0. The van der Waals surface area contributed by atoms with Gasteiger partial charge in [-0.25, -0.2) is 20.4 Å². The molecule has 0 bridgehead atoms. The van der Waals surface area contributed by atoms with E-state index in [0.29, 0.717) is 0 Å². The van der Waals surface area contributed by atoms with Crippen LogP contribution >= 0.6 is 0 Å². The Balaban J connectivity index is -0.0000000959. The van der Waals surface area contributed by atoms with Gasteiger partial charge in [0.05, 0.1) is 0 Å². The molecule has 0 atom stereocenters. The second-order valence-electron chi connectivity index (χ2n) is 2.92. The van der Waals surface area contributed by atoms with Crippen LogP contribution in [0, 0.1) is 10.8 Å². The lowest BCUT2D eigenvalue weighted by atomic mass is 10.4. The molecule has 0 aliphatic rings. The van der Waals surface area contributed by atoms with Crippen LogP contribution in [0.3, 0.4) is 0 Å². The highest BCUT2D eigenvalue weighted by molar-refractivity contribution is 5.26. The Hall–Kier alpha value is -3.06. The van der Waals surface area contributed by atoms with E-state index in [0.717, 1.165) is 12.2 Å². The molecule has 2 rings (SSSR count). The van der Waals surface area contributed by atoms with Gasteiger partial charge < -0.3 is 0 Å². The molecule has 0 spiro atoms. The largest absolute Gasteiger partial charge is 0.231 e. The maximum Gasteiger partial charge on any atom is 0.231 e. The quantitative estimate of drug-likeness (QED) is 0.407. The van der Waals surface area contributed by atoms with Gasteiger partial charge in [-0.1, -0.05) is 86.3 Å². The van der Waals surface area contributed by atoms with E-state index < -0.39 is 0 Å². The van der Waals surface area contributed by atoms with Crippen LogP contribution in [-0.2, 0) is 9.59 Å². The van der Waals surface area contributed by atoms with Gasteiger partial charge >= 0.3 is 0 Å². The molecule has 0 unspecified atom stereocenters. The Morgan fingerprint density at radius 1 is 0.682 bits per heavy atom. The zero-order valence-electron chi connectivity index (χ0n) is 12.0. The molecule has 0 radical (unpaired) electrons. The predicted molar refractivity (Wildman–Crippen MR) is 92.3 cm³/mol. The summed E-state index contributed by atoms with van der Waals surface area (Å²) in [6.45, 7) is 5.25. The van der Waals surface area contributed by atoms with Crippen LogP contribution in [0.5, 0.6) is 0 Å². The Labute approximate surface area is 133 Å². The van der Waals surface area contributed by atoms with E-state index in [9.17, 15) is 0 Å². The molecule has 4 heteroatoms. The number of carbonyl (C=O) groups excluding carboxylic acids is 2. The van der Waals surface area contributed by atoms with Crippen LogP contribution in [0.2, 0.25) is 0 Å². The van der Waals surface area contributed by atoms with Crippen molar-refractivity contribution in [3.8, 4) is 0 Å². The fourth-order valence-corrected chi connectivity index (χ4v) is 0.770. The lowest BCUT2D eigenvalue weighted by Gasteiger charge is -1.69. The number of hydrogen-bond donors (Lipinski definition) is 2. The summed E-state index contributed by atoms with van der Waals surface area (Å²) in [7, 11) is 0. The first-order chi connectivity index (χ1) is 10.2. The second kappa shape index (κ2) is 36.1. The molecular weight excluding hydrogens is 276 g/mol. The first-order valence-electron chi connectivity index (χ1n) is 5.89. The first kappa shape index (κ1) is 27.3. The summed E-state index contributed by atoms with van der Waals surface area (Å²) in [6.07, 6.45) is 3.25. The summed E-state index contributed by atoms with van der Waals surface area (Å²) in [4.78, 5) is 16.7. The van der Waals surface area contributed by atoms with Gasteiger partial charge in [-0.2, -0.15) is 0 Å². The molecule has 2 N–H and O–H groups in total. The van der Waals surface area contributed by atoms with E-state index in [2.05, 4.69) is 6.58 Å². The molecule has 22 heavy (non-hydrogen) atoms. The second-order valence-corrected chi connectivity index (χ2v) is 2.92. The van der Waals surface area contributed by atoms with Crippen LogP contribution in [0.1, 0.15) is 14.4 Å². The number of hydrogen-bond acceptors (Lipinski definition) is 4. The summed E-state index contributed by atoms with van der Waals surface area (Å²) in [5.41, 5.74) is 0. The molecule has 0 aliphatic heterocycles. The minimum atomic E-state index is 0. The number of allylic oxidation sites excluding steroid dienone is 1. The summed E-state index contributed by atoms with van der Waals surface area (Å²) in [5, 5.41) is 10.8. The van der Waals surface area contributed by atoms with Crippen molar-refractivity contribution >= 4 is 12.2 Å². The van der Waals surface area contributed by atoms with Gasteiger partial charge in [0.1, 0.15) is 0 Å². The minimum absolute atomic E-state index is 0. The topological polar surface area (TPSA) is 81.8 Å². The van der Waals surface area contributed by atoms with Crippen LogP contribution in [0.4, 0.5) is 0 Å². The number of rotatable bonds is 0. The van der Waals surface area contributed by atoms with Crippen LogP contribution in [0.25, 0.3) is 0 Å². The number of benzene rings is 2. The van der Waals surface area contributed by atoms with Crippen molar-refractivity contribution in [1.29, 1.82) is 10.8 Å². The minimum Gasteiger partial charge on any atom is -0.222 e. The monoisotopic (exact) mass is 300 g/mol. The Kier molecular flexibility index (Phi) is 44.8. The summed E-state index contributed by atoms with van der Waals surface area (Å²) in [5.74, 6) is 0. The van der Waals surface area contributed by atoms with Crippen LogP contribution in [0.15, 0.2) is 85.5 Å². The van der Waals surface area contributed by atoms with Crippen molar-refractivity contribution in [2.45, 2.75) is 14.4 Å². The maximum absolute atomic E-state index is 8.35. The van der Waals surface area contributed by atoms with Gasteiger partial charge in [-0.3, -0.25) is 0 Å². The third kappa shape index (κ3) is 53.9. The lowest BCUT2D eigenvalue weighted by Crippen LogP contribution is -1.47. The van der Waals surface area contributed by atoms with Gasteiger partial charge in [-0.15, -0.1) is 6.58 Å². The Morgan fingerprint density at radius 3 is 0.773 bits per heavy atom. The van der Waals surface area contributed by atoms with E-state index >= 15 is 0 Å².